The number of alkyl halides is 6. The largest absolute Gasteiger partial charge is 0.467 e. The van der Waals surface area contributed by atoms with Crippen LogP contribution in [0.5, 0.6) is 5.75 Å². The number of hydrogen-bond donors (Lipinski definition) is 1. The normalized spacial score (nSPS) is 13.4. The van der Waals surface area contributed by atoms with E-state index >= 15 is 0 Å². The minimum absolute atomic E-state index is 0.0645. The summed E-state index contributed by atoms with van der Waals surface area (Å²) in [5.74, 6) is -1.92. The van der Waals surface area contributed by atoms with Gasteiger partial charge in [-0.25, -0.2) is 9.59 Å². The lowest BCUT2D eigenvalue weighted by Crippen LogP contribution is -2.44. The maximum absolute atomic E-state index is 14.7. The molecule has 0 aromatic heterocycles. The van der Waals surface area contributed by atoms with Crippen LogP contribution < -0.4 is 4.74 Å². The van der Waals surface area contributed by atoms with Crippen LogP contribution in [0.3, 0.4) is 0 Å². The third-order valence-electron chi connectivity index (χ3n) is 6.92. The van der Waals surface area contributed by atoms with Crippen LogP contribution in [0.15, 0.2) is 111 Å². The van der Waals surface area contributed by atoms with E-state index in [-0.39, 0.29) is 21.6 Å². The molecule has 0 aliphatic carbocycles. The molecule has 0 aliphatic heterocycles. The second kappa shape index (κ2) is 15.1. The maximum atomic E-state index is 14.7. The molecule has 0 bridgehead atoms. The summed E-state index contributed by atoms with van der Waals surface area (Å²) in [7, 11) is -7.89. The Morgan fingerprint density at radius 1 is 0.660 bits per heavy atom. The maximum Gasteiger partial charge on any atom is 0.422 e. The van der Waals surface area contributed by atoms with Gasteiger partial charge < -0.3 is 14.2 Å². The molecule has 284 valence electrons. The lowest BCUT2D eigenvalue weighted by molar-refractivity contribution is -0.179. The Bertz CT molecular complexity index is 2040. The van der Waals surface area contributed by atoms with Gasteiger partial charge in [-0.15, -0.1) is 0 Å². The van der Waals surface area contributed by atoms with Crippen LogP contribution in [0.1, 0.15) is 52.7 Å². The average Bonchev–Trinajstić information content (AvgIpc) is 3.01. The molecule has 8 nitrogen and oxygen atoms in total. The van der Waals surface area contributed by atoms with Gasteiger partial charge in [0.1, 0.15) is 27.4 Å². The minimum Gasteiger partial charge on any atom is -0.467 e. The monoisotopic (exact) mass is 785 g/mol. The summed E-state index contributed by atoms with van der Waals surface area (Å²) in [5.41, 5.74) is -5.27. The molecule has 4 rings (SSSR count). The van der Waals surface area contributed by atoms with Crippen LogP contribution in [-0.2, 0) is 52.4 Å². The van der Waals surface area contributed by atoms with Crippen molar-refractivity contribution in [3.63, 3.8) is 0 Å². The Labute approximate surface area is 305 Å². The molecular weight excluding hydrogens is 751 g/mol. The minimum atomic E-state index is -6.04. The zero-order valence-electron chi connectivity index (χ0n) is 29.1. The molecule has 1 N–H and O–H groups in total. The molecule has 4 aromatic carbocycles. The number of esters is 2. The first-order valence-electron chi connectivity index (χ1n) is 15.7. The van der Waals surface area contributed by atoms with E-state index in [1.165, 1.54) is 60.7 Å². The molecule has 53 heavy (non-hydrogen) atoms. The van der Waals surface area contributed by atoms with Crippen molar-refractivity contribution in [3.05, 3.63) is 102 Å². The van der Waals surface area contributed by atoms with Crippen LogP contribution in [0.25, 0.3) is 11.1 Å². The van der Waals surface area contributed by atoms with Crippen molar-refractivity contribution in [2.75, 3.05) is 0 Å². The molecule has 1 unspecified atom stereocenters. The highest BCUT2D eigenvalue weighted by Crippen LogP contribution is 2.47. The van der Waals surface area contributed by atoms with Gasteiger partial charge in [-0.1, -0.05) is 30.3 Å². The fourth-order valence-corrected chi connectivity index (χ4v) is 8.27. The summed E-state index contributed by atoms with van der Waals surface area (Å²) in [6, 6.07) is 20.3. The molecule has 0 heterocycles. The van der Waals surface area contributed by atoms with Crippen molar-refractivity contribution in [2.45, 2.75) is 90.8 Å². The summed E-state index contributed by atoms with van der Waals surface area (Å²) < 4.78 is 136. The van der Waals surface area contributed by atoms with Gasteiger partial charge in [0.15, 0.2) is 14.7 Å². The zero-order chi connectivity index (χ0) is 39.7. The third kappa shape index (κ3) is 10.5. The molecule has 0 saturated heterocycles. The lowest BCUT2D eigenvalue weighted by atomic mass is 10.1. The highest BCUT2D eigenvalue weighted by molar-refractivity contribution is 7.97. The van der Waals surface area contributed by atoms with Gasteiger partial charge in [-0.3, -0.25) is 4.55 Å². The zero-order valence-corrected chi connectivity index (χ0v) is 30.8. The van der Waals surface area contributed by atoms with E-state index in [0.29, 0.717) is 17.2 Å². The quantitative estimate of drug-likeness (QED) is 0.0588. The van der Waals surface area contributed by atoms with Crippen LogP contribution >= 0.6 is 0 Å². The highest BCUT2D eigenvalue weighted by atomic mass is 32.2. The number of hydrogen-bond acceptors (Lipinski definition) is 7. The van der Waals surface area contributed by atoms with Gasteiger partial charge in [0.25, 0.3) is 16.2 Å². The Morgan fingerprint density at radius 3 is 1.66 bits per heavy atom. The van der Waals surface area contributed by atoms with Gasteiger partial charge in [-0.2, -0.15) is 34.8 Å². The topological polar surface area (TPSA) is 116 Å². The second-order valence-corrected chi connectivity index (χ2v) is 16.9. The molecule has 16 heteroatoms. The van der Waals surface area contributed by atoms with Crippen molar-refractivity contribution in [1.29, 1.82) is 0 Å². The average molecular weight is 786 g/mol. The smallest absolute Gasteiger partial charge is 0.422 e. The van der Waals surface area contributed by atoms with Crippen molar-refractivity contribution >= 4 is 33.0 Å². The first-order chi connectivity index (χ1) is 24.3. The van der Waals surface area contributed by atoms with Gasteiger partial charge >= 0.3 is 24.3 Å². The van der Waals surface area contributed by atoms with Crippen LogP contribution in [0.4, 0.5) is 26.3 Å². The third-order valence-corrected chi connectivity index (χ3v) is 10.1. The van der Waals surface area contributed by atoms with Crippen molar-refractivity contribution in [2.24, 2.45) is 0 Å². The summed E-state index contributed by atoms with van der Waals surface area (Å²) in [5, 5.41) is 0. The summed E-state index contributed by atoms with van der Waals surface area (Å²) in [4.78, 5) is 23.2. The van der Waals surface area contributed by atoms with E-state index in [1.807, 2.05) is 0 Å². The SMILES string of the molecule is CC(C)(C)OC(=O)C(Oc1cccc(-c2ccc([S+](c3ccccc3)c3ccc(C(F)(F)F)c(S(=O)(=O)O)c3C(F)(F)F)cc2)c1)C(=O)OC(C)(C)C. The van der Waals surface area contributed by atoms with E-state index in [9.17, 15) is 48.9 Å². The van der Waals surface area contributed by atoms with E-state index in [2.05, 4.69) is 0 Å². The van der Waals surface area contributed by atoms with Gasteiger partial charge in [0.05, 0.1) is 16.5 Å². The number of rotatable bonds is 9. The number of carbonyl (C=O) groups excluding carboxylic acids is 2. The van der Waals surface area contributed by atoms with Crippen molar-refractivity contribution < 1.29 is 63.1 Å². The van der Waals surface area contributed by atoms with Crippen LogP contribution in [0, 0.1) is 0 Å². The van der Waals surface area contributed by atoms with Gasteiger partial charge in [0.2, 0.25) is 0 Å². The predicted octanol–water partition coefficient (Wildman–Crippen LogP) is 9.16. The predicted molar refractivity (Wildman–Crippen MR) is 183 cm³/mol. The Morgan fingerprint density at radius 2 is 1.19 bits per heavy atom. The van der Waals surface area contributed by atoms with Gasteiger partial charge in [0, 0.05) is 0 Å². The van der Waals surface area contributed by atoms with E-state index < -0.39 is 83.5 Å². The fourth-order valence-electron chi connectivity index (χ4n) is 5.01. The standard InChI is InChI=1S/C37H34F6O8S2/c1-34(2,3)50-32(44)30(33(45)51-35(4,5)6)49-24-12-10-11-23(21-24)22-15-17-26(18-16-22)52(25-13-8-7-9-14-25)28-20-19-27(36(38,39)40)31(53(46,47)48)29(28)37(41,42)43/h7-21,30H,1-6H3/p+1. The van der Waals surface area contributed by atoms with Gasteiger partial charge in [-0.05, 0) is 113 Å². The Balaban J connectivity index is 1.82. The fraction of sp³-hybridized carbons (Fsp3) is 0.297. The van der Waals surface area contributed by atoms with E-state index in [1.54, 1.807) is 59.7 Å². The molecule has 0 amide bonds. The molecule has 0 spiro atoms. The number of benzene rings is 4. The molecule has 0 radical (unpaired) electrons. The van der Waals surface area contributed by atoms with E-state index in [0.717, 1.165) is 0 Å². The molecule has 1 atom stereocenters. The number of halogens is 6. The Kier molecular flexibility index (Phi) is 11.7. The highest BCUT2D eigenvalue weighted by Gasteiger charge is 2.51. The van der Waals surface area contributed by atoms with Crippen molar-refractivity contribution in [3.8, 4) is 16.9 Å². The number of carbonyl (C=O) groups is 2. The first-order valence-corrected chi connectivity index (χ1v) is 18.3. The van der Waals surface area contributed by atoms with Crippen LogP contribution in [-0.4, -0.2) is 42.2 Å². The number of ether oxygens (including phenoxy) is 3. The molecule has 0 fully saturated rings. The summed E-state index contributed by atoms with van der Waals surface area (Å²) in [6.45, 7) is 9.66. The molecular formula is C37H35F6O8S2+. The molecule has 4 aromatic rings. The van der Waals surface area contributed by atoms with Crippen molar-refractivity contribution in [1.82, 2.24) is 0 Å². The summed E-state index contributed by atoms with van der Waals surface area (Å²) in [6.07, 6.45) is -13.0. The summed E-state index contributed by atoms with van der Waals surface area (Å²) >= 11 is 0. The van der Waals surface area contributed by atoms with Crippen LogP contribution in [0.2, 0.25) is 0 Å². The van der Waals surface area contributed by atoms with E-state index in [4.69, 9.17) is 14.2 Å². The molecule has 0 saturated carbocycles. The molecule has 0 aliphatic rings. The second-order valence-electron chi connectivity index (χ2n) is 13.5. The Hall–Kier alpha value is -4.54. The lowest BCUT2D eigenvalue weighted by Gasteiger charge is -2.26. The first kappa shape index (κ1) is 41.2.